The molecule has 0 saturated carbocycles. The van der Waals surface area contributed by atoms with Gasteiger partial charge in [-0.2, -0.15) is 5.10 Å². The number of benzene rings is 1. The number of hydrogen-bond acceptors (Lipinski definition) is 5. The Balaban J connectivity index is 1.61. The molecule has 1 fully saturated rings. The molecule has 1 aliphatic rings. The van der Waals surface area contributed by atoms with E-state index in [9.17, 15) is 0 Å². The zero-order valence-corrected chi connectivity index (χ0v) is 16.0. The third-order valence-electron chi connectivity index (χ3n) is 5.43. The highest BCUT2D eigenvalue weighted by atomic mass is 35.5. The number of halogens is 1. The van der Waals surface area contributed by atoms with Crippen molar-refractivity contribution < 1.29 is 4.42 Å². The highest BCUT2D eigenvalue weighted by Gasteiger charge is 2.23. The van der Waals surface area contributed by atoms with Crippen LogP contribution in [0.2, 0.25) is 5.02 Å². The van der Waals surface area contributed by atoms with E-state index in [1.807, 2.05) is 36.5 Å². The minimum atomic E-state index is 0.386. The topological polar surface area (TPSA) is 92.8 Å². The Kier molecular flexibility index (Phi) is 4.30. The van der Waals surface area contributed by atoms with Crippen molar-refractivity contribution in [2.24, 2.45) is 0 Å². The summed E-state index contributed by atoms with van der Waals surface area (Å²) in [5, 5.41) is 12.3. The van der Waals surface area contributed by atoms with Crippen LogP contribution in [-0.4, -0.2) is 28.3 Å². The summed E-state index contributed by atoms with van der Waals surface area (Å²) in [6.07, 6.45) is 5.80. The maximum absolute atomic E-state index is 6.59. The number of pyridine rings is 1. The Morgan fingerprint density at radius 3 is 2.75 bits per heavy atom. The van der Waals surface area contributed by atoms with E-state index < -0.39 is 0 Å². The lowest BCUT2D eigenvalue weighted by molar-refractivity contribution is 0.453. The molecule has 6 nitrogen and oxygen atoms in total. The molecule has 1 aromatic carbocycles. The van der Waals surface area contributed by atoms with Gasteiger partial charge in [-0.15, -0.1) is 0 Å². The van der Waals surface area contributed by atoms with Gasteiger partial charge in [-0.05, 0) is 44.1 Å². The SMILES string of the molecule is Nc1ncc(-c2cn[nH]c2C2CCNCC2)cc1-c1oc2ccccc2c1Cl. The molecular weight excluding hydrogens is 374 g/mol. The van der Waals surface area contributed by atoms with Gasteiger partial charge >= 0.3 is 0 Å². The lowest BCUT2D eigenvalue weighted by atomic mass is 9.90. The number of aromatic nitrogens is 3. The predicted octanol–water partition coefficient (Wildman–Crippen LogP) is 4.59. The van der Waals surface area contributed by atoms with E-state index in [1.54, 1.807) is 6.20 Å². The number of furan rings is 1. The third-order valence-corrected chi connectivity index (χ3v) is 5.80. The molecule has 5 rings (SSSR count). The van der Waals surface area contributed by atoms with Gasteiger partial charge in [-0.1, -0.05) is 23.7 Å². The van der Waals surface area contributed by atoms with E-state index in [-0.39, 0.29) is 0 Å². The lowest BCUT2D eigenvalue weighted by Gasteiger charge is -2.22. The maximum atomic E-state index is 6.59. The molecule has 0 bridgehead atoms. The third kappa shape index (κ3) is 2.85. The standard InChI is InChI=1S/C21H20ClN5O/c22-18-14-3-1-2-4-17(14)28-20(18)15-9-13(10-25-21(15)23)16-11-26-27-19(16)12-5-7-24-8-6-12/h1-4,9-12,24H,5-8H2,(H2,23,25)(H,26,27). The molecule has 142 valence electrons. The van der Waals surface area contributed by atoms with Gasteiger partial charge in [0.2, 0.25) is 0 Å². The van der Waals surface area contributed by atoms with Crippen LogP contribution in [0, 0.1) is 0 Å². The normalized spacial score (nSPS) is 15.3. The first-order chi connectivity index (χ1) is 13.7. The summed E-state index contributed by atoms with van der Waals surface area (Å²) < 4.78 is 6.00. The van der Waals surface area contributed by atoms with Crippen LogP contribution in [-0.2, 0) is 0 Å². The largest absolute Gasteiger partial charge is 0.454 e. The molecule has 1 aliphatic heterocycles. The molecule has 0 aliphatic carbocycles. The second-order valence-electron chi connectivity index (χ2n) is 7.12. The van der Waals surface area contributed by atoms with Gasteiger partial charge in [0.25, 0.3) is 0 Å². The molecule has 0 amide bonds. The molecule has 28 heavy (non-hydrogen) atoms. The molecule has 1 saturated heterocycles. The lowest BCUT2D eigenvalue weighted by Crippen LogP contribution is -2.27. The van der Waals surface area contributed by atoms with Crippen LogP contribution >= 0.6 is 11.6 Å². The number of nitrogens with one attached hydrogen (secondary N) is 2. The zero-order chi connectivity index (χ0) is 19.1. The van der Waals surface area contributed by atoms with E-state index in [1.165, 1.54) is 0 Å². The molecule has 3 aromatic heterocycles. The first-order valence-electron chi connectivity index (χ1n) is 9.39. The summed E-state index contributed by atoms with van der Waals surface area (Å²) in [4.78, 5) is 4.41. The second-order valence-corrected chi connectivity index (χ2v) is 7.50. The monoisotopic (exact) mass is 393 g/mol. The predicted molar refractivity (Wildman–Crippen MR) is 111 cm³/mol. The van der Waals surface area contributed by atoms with Crippen molar-refractivity contribution in [1.29, 1.82) is 0 Å². The van der Waals surface area contributed by atoms with Crippen molar-refractivity contribution in [3.8, 4) is 22.5 Å². The van der Waals surface area contributed by atoms with Gasteiger partial charge in [0.15, 0.2) is 5.76 Å². The van der Waals surface area contributed by atoms with E-state index >= 15 is 0 Å². The average Bonchev–Trinajstić information content (AvgIpc) is 3.35. The van der Waals surface area contributed by atoms with Crippen molar-refractivity contribution >= 4 is 28.4 Å². The van der Waals surface area contributed by atoms with Crippen LogP contribution in [0.1, 0.15) is 24.5 Å². The quantitative estimate of drug-likeness (QED) is 0.473. The molecule has 0 spiro atoms. The fourth-order valence-electron chi connectivity index (χ4n) is 3.94. The van der Waals surface area contributed by atoms with E-state index in [2.05, 4.69) is 20.5 Å². The molecule has 0 unspecified atom stereocenters. The van der Waals surface area contributed by atoms with Crippen LogP contribution in [0.25, 0.3) is 33.4 Å². The van der Waals surface area contributed by atoms with Gasteiger partial charge in [0.05, 0.1) is 16.8 Å². The van der Waals surface area contributed by atoms with Crippen molar-refractivity contribution in [2.45, 2.75) is 18.8 Å². The van der Waals surface area contributed by atoms with Crippen molar-refractivity contribution in [2.75, 3.05) is 18.8 Å². The minimum absolute atomic E-state index is 0.386. The number of anilines is 1. The Morgan fingerprint density at radius 1 is 1.11 bits per heavy atom. The van der Waals surface area contributed by atoms with Crippen LogP contribution in [0.4, 0.5) is 5.82 Å². The van der Waals surface area contributed by atoms with Gasteiger partial charge in [0, 0.05) is 34.3 Å². The summed E-state index contributed by atoms with van der Waals surface area (Å²) in [6, 6.07) is 9.66. The number of nitrogens with zero attached hydrogens (tertiary/aromatic N) is 2. The number of nitrogens with two attached hydrogens (primary N) is 1. The Morgan fingerprint density at radius 2 is 1.93 bits per heavy atom. The molecule has 7 heteroatoms. The average molecular weight is 394 g/mol. The number of para-hydroxylation sites is 1. The van der Waals surface area contributed by atoms with Crippen LogP contribution < -0.4 is 11.1 Å². The zero-order valence-electron chi connectivity index (χ0n) is 15.2. The summed E-state index contributed by atoms with van der Waals surface area (Å²) in [6.45, 7) is 2.03. The summed E-state index contributed by atoms with van der Waals surface area (Å²) in [5.74, 6) is 1.38. The van der Waals surface area contributed by atoms with Crippen molar-refractivity contribution in [3.63, 3.8) is 0 Å². The van der Waals surface area contributed by atoms with Gasteiger partial charge in [-0.3, -0.25) is 5.10 Å². The molecule has 0 radical (unpaired) electrons. The highest BCUT2D eigenvalue weighted by molar-refractivity contribution is 6.38. The van der Waals surface area contributed by atoms with E-state index in [4.69, 9.17) is 21.8 Å². The van der Waals surface area contributed by atoms with Gasteiger partial charge in [0.1, 0.15) is 11.4 Å². The van der Waals surface area contributed by atoms with Crippen molar-refractivity contribution in [1.82, 2.24) is 20.5 Å². The Labute approximate surface area is 167 Å². The summed E-state index contributed by atoms with van der Waals surface area (Å²) in [7, 11) is 0. The Hall–Kier alpha value is -2.83. The van der Waals surface area contributed by atoms with Gasteiger partial charge < -0.3 is 15.5 Å². The van der Waals surface area contributed by atoms with E-state index in [0.29, 0.717) is 28.1 Å². The first kappa shape index (κ1) is 17.3. The van der Waals surface area contributed by atoms with Crippen LogP contribution in [0.5, 0.6) is 0 Å². The number of nitrogen functional groups attached to an aromatic ring is 1. The summed E-state index contributed by atoms with van der Waals surface area (Å²) in [5.41, 5.74) is 10.7. The molecular formula is C21H20ClN5O. The number of piperidine rings is 1. The molecule has 4 heterocycles. The Bertz CT molecular complexity index is 1140. The minimum Gasteiger partial charge on any atom is -0.454 e. The number of aromatic amines is 1. The molecule has 0 atom stereocenters. The molecule has 4 N–H and O–H groups in total. The second kappa shape index (κ2) is 6.96. The van der Waals surface area contributed by atoms with Crippen LogP contribution in [0.3, 0.4) is 0 Å². The number of hydrogen-bond donors (Lipinski definition) is 3. The van der Waals surface area contributed by atoms with Gasteiger partial charge in [-0.25, -0.2) is 4.98 Å². The fourth-order valence-corrected chi connectivity index (χ4v) is 4.24. The first-order valence-corrected chi connectivity index (χ1v) is 9.77. The summed E-state index contributed by atoms with van der Waals surface area (Å²) >= 11 is 6.59. The van der Waals surface area contributed by atoms with E-state index in [0.717, 1.165) is 53.7 Å². The number of rotatable bonds is 3. The molecule has 4 aromatic rings. The van der Waals surface area contributed by atoms with Crippen LogP contribution in [0.15, 0.2) is 47.1 Å². The smallest absolute Gasteiger partial charge is 0.157 e. The van der Waals surface area contributed by atoms with Crippen molar-refractivity contribution in [3.05, 3.63) is 53.4 Å². The fraction of sp³-hybridized carbons (Fsp3) is 0.238. The maximum Gasteiger partial charge on any atom is 0.157 e. The highest BCUT2D eigenvalue weighted by Crippen LogP contribution is 2.41. The number of fused-ring (bicyclic) bond motifs is 1. The number of H-pyrrole nitrogens is 1.